The number of rotatable bonds is 47. The molecule has 0 radical (unpaired) electrons. The number of allylic oxidation sites excluding steroid dienone is 12. The molecule has 0 N–H and O–H groups in total. The molecule has 0 aliphatic rings. The van der Waals surface area contributed by atoms with Gasteiger partial charge in [-0.2, -0.15) is 0 Å². The minimum atomic E-state index is -0.793. The Labute approximate surface area is 389 Å². The Balaban J connectivity index is 4.45. The summed E-state index contributed by atoms with van der Waals surface area (Å²) in [6.07, 6.45) is 64.5. The quantitative estimate of drug-likeness (QED) is 0.0262. The van der Waals surface area contributed by atoms with Crippen molar-refractivity contribution in [1.29, 1.82) is 0 Å². The number of unbranched alkanes of at least 4 members (excludes halogenated alkanes) is 24. The van der Waals surface area contributed by atoms with E-state index in [-0.39, 0.29) is 31.1 Å². The zero-order valence-corrected chi connectivity index (χ0v) is 41.3. The summed E-state index contributed by atoms with van der Waals surface area (Å²) < 4.78 is 16.8. The summed E-state index contributed by atoms with van der Waals surface area (Å²) >= 11 is 0. The van der Waals surface area contributed by atoms with E-state index in [1.807, 2.05) is 0 Å². The summed E-state index contributed by atoms with van der Waals surface area (Å²) in [6.45, 7) is 6.46. The number of carbonyl (C=O) groups is 3. The third-order valence-corrected chi connectivity index (χ3v) is 11.2. The predicted molar refractivity (Wildman–Crippen MR) is 270 cm³/mol. The molecule has 0 amide bonds. The number of ether oxygens (including phenoxy) is 3. The van der Waals surface area contributed by atoms with Gasteiger partial charge < -0.3 is 14.2 Å². The van der Waals surface area contributed by atoms with Gasteiger partial charge in [0.15, 0.2) is 6.10 Å². The fraction of sp³-hybridized carbons (Fsp3) is 0.737. The van der Waals surface area contributed by atoms with Crippen LogP contribution in [-0.4, -0.2) is 37.2 Å². The molecular weight excluding hydrogens is 781 g/mol. The number of carbonyl (C=O) groups excluding carboxylic acids is 3. The lowest BCUT2D eigenvalue weighted by Crippen LogP contribution is -2.30. The maximum Gasteiger partial charge on any atom is 0.306 e. The van der Waals surface area contributed by atoms with Crippen molar-refractivity contribution in [3.63, 3.8) is 0 Å². The van der Waals surface area contributed by atoms with Crippen LogP contribution in [0.25, 0.3) is 0 Å². The van der Waals surface area contributed by atoms with Crippen LogP contribution in [0, 0.1) is 0 Å². The van der Waals surface area contributed by atoms with Crippen molar-refractivity contribution in [2.45, 2.75) is 258 Å². The van der Waals surface area contributed by atoms with Gasteiger partial charge in [-0.15, -0.1) is 0 Å². The van der Waals surface area contributed by atoms with E-state index in [2.05, 4.69) is 93.7 Å². The lowest BCUT2D eigenvalue weighted by atomic mass is 10.1. The molecule has 1 unspecified atom stereocenters. The van der Waals surface area contributed by atoms with E-state index in [1.165, 1.54) is 83.5 Å². The maximum atomic E-state index is 12.8. The summed E-state index contributed by atoms with van der Waals surface area (Å²) in [4.78, 5) is 38.0. The van der Waals surface area contributed by atoms with Crippen molar-refractivity contribution in [3.05, 3.63) is 72.9 Å². The van der Waals surface area contributed by atoms with E-state index in [0.717, 1.165) is 128 Å². The smallest absolute Gasteiger partial charge is 0.306 e. The molecule has 0 rings (SSSR count). The Kier molecular flexibility index (Phi) is 48.9. The van der Waals surface area contributed by atoms with Crippen LogP contribution in [0.4, 0.5) is 0 Å². The highest BCUT2D eigenvalue weighted by atomic mass is 16.6. The van der Waals surface area contributed by atoms with Gasteiger partial charge in [0, 0.05) is 19.3 Å². The first-order valence-corrected chi connectivity index (χ1v) is 26.4. The van der Waals surface area contributed by atoms with Crippen molar-refractivity contribution >= 4 is 17.9 Å². The molecule has 0 aliphatic carbocycles. The molecule has 0 aromatic heterocycles. The second-order valence-electron chi connectivity index (χ2n) is 17.4. The van der Waals surface area contributed by atoms with Gasteiger partial charge in [-0.25, -0.2) is 0 Å². The second-order valence-corrected chi connectivity index (χ2v) is 17.4. The molecule has 6 nitrogen and oxygen atoms in total. The summed E-state index contributed by atoms with van der Waals surface area (Å²) in [6, 6.07) is 0. The fourth-order valence-corrected chi connectivity index (χ4v) is 7.19. The van der Waals surface area contributed by atoms with Crippen LogP contribution in [0.5, 0.6) is 0 Å². The second kappa shape index (κ2) is 51.5. The largest absolute Gasteiger partial charge is 0.462 e. The van der Waals surface area contributed by atoms with Crippen molar-refractivity contribution in [3.8, 4) is 0 Å². The average Bonchev–Trinajstić information content (AvgIpc) is 3.28. The van der Waals surface area contributed by atoms with Crippen LogP contribution in [0.2, 0.25) is 0 Å². The third-order valence-electron chi connectivity index (χ3n) is 11.2. The zero-order chi connectivity index (χ0) is 45.8. The van der Waals surface area contributed by atoms with Crippen LogP contribution in [0.3, 0.4) is 0 Å². The molecule has 0 bridgehead atoms. The zero-order valence-electron chi connectivity index (χ0n) is 41.3. The minimum absolute atomic E-state index is 0.0911. The van der Waals surface area contributed by atoms with Crippen molar-refractivity contribution in [1.82, 2.24) is 0 Å². The van der Waals surface area contributed by atoms with Gasteiger partial charge in [0.2, 0.25) is 0 Å². The first-order valence-electron chi connectivity index (χ1n) is 26.4. The lowest BCUT2D eigenvalue weighted by Gasteiger charge is -2.18. The summed E-state index contributed by atoms with van der Waals surface area (Å²) in [7, 11) is 0. The van der Waals surface area contributed by atoms with Gasteiger partial charge in [0.1, 0.15) is 13.2 Å². The maximum absolute atomic E-state index is 12.8. The Bertz CT molecular complexity index is 1190. The van der Waals surface area contributed by atoms with Gasteiger partial charge in [0.05, 0.1) is 0 Å². The molecule has 362 valence electrons. The fourth-order valence-electron chi connectivity index (χ4n) is 7.19. The Hall–Kier alpha value is -3.15. The predicted octanol–water partition coefficient (Wildman–Crippen LogP) is 17.4. The summed E-state index contributed by atoms with van der Waals surface area (Å²) in [5.41, 5.74) is 0. The molecule has 0 aliphatic heterocycles. The summed E-state index contributed by atoms with van der Waals surface area (Å²) in [5.74, 6) is -0.928. The van der Waals surface area contributed by atoms with Gasteiger partial charge in [-0.3, -0.25) is 14.4 Å². The van der Waals surface area contributed by atoms with Crippen molar-refractivity contribution in [2.24, 2.45) is 0 Å². The molecule has 0 saturated carbocycles. The third kappa shape index (κ3) is 49.7. The van der Waals surface area contributed by atoms with Crippen LogP contribution >= 0.6 is 0 Å². The van der Waals surface area contributed by atoms with Gasteiger partial charge >= 0.3 is 17.9 Å². The Morgan fingerprint density at radius 3 is 1.02 bits per heavy atom. The summed E-state index contributed by atoms with van der Waals surface area (Å²) in [5, 5.41) is 0. The first kappa shape index (κ1) is 59.9. The monoisotopic (exact) mass is 879 g/mol. The highest BCUT2D eigenvalue weighted by molar-refractivity contribution is 5.71. The van der Waals surface area contributed by atoms with Gasteiger partial charge in [-0.1, -0.05) is 196 Å². The van der Waals surface area contributed by atoms with Crippen molar-refractivity contribution < 1.29 is 28.6 Å². The minimum Gasteiger partial charge on any atom is -0.462 e. The van der Waals surface area contributed by atoms with E-state index in [0.29, 0.717) is 19.3 Å². The number of hydrogen-bond acceptors (Lipinski definition) is 6. The topological polar surface area (TPSA) is 78.9 Å². The van der Waals surface area contributed by atoms with E-state index < -0.39 is 6.10 Å². The van der Waals surface area contributed by atoms with Crippen LogP contribution in [0.15, 0.2) is 72.9 Å². The lowest BCUT2D eigenvalue weighted by molar-refractivity contribution is -0.167. The van der Waals surface area contributed by atoms with E-state index in [9.17, 15) is 14.4 Å². The first-order chi connectivity index (χ1) is 31.0. The molecule has 0 spiro atoms. The Morgan fingerprint density at radius 1 is 0.333 bits per heavy atom. The molecule has 0 aromatic rings. The van der Waals surface area contributed by atoms with Gasteiger partial charge in [-0.05, 0) is 109 Å². The average molecular weight is 879 g/mol. The molecule has 0 heterocycles. The van der Waals surface area contributed by atoms with Gasteiger partial charge in [0.25, 0.3) is 0 Å². The van der Waals surface area contributed by atoms with Crippen LogP contribution in [0.1, 0.15) is 252 Å². The molecule has 0 saturated heterocycles. The molecule has 63 heavy (non-hydrogen) atoms. The molecular formula is C57H98O6. The van der Waals surface area contributed by atoms with E-state index in [4.69, 9.17) is 14.2 Å². The molecule has 1 atom stereocenters. The van der Waals surface area contributed by atoms with Crippen molar-refractivity contribution in [2.75, 3.05) is 13.2 Å². The molecule has 0 aromatic carbocycles. The van der Waals surface area contributed by atoms with E-state index in [1.54, 1.807) is 0 Å². The van der Waals surface area contributed by atoms with Crippen LogP contribution in [-0.2, 0) is 28.6 Å². The molecule has 0 fully saturated rings. The number of hydrogen-bond donors (Lipinski definition) is 0. The Morgan fingerprint density at radius 2 is 0.619 bits per heavy atom. The molecule has 6 heteroatoms. The standard InChI is InChI=1S/C57H98O6/c1-4-7-10-13-16-19-22-25-28-31-34-37-40-43-46-49-55(58)61-52-54(63-57(60)51-48-45-42-39-36-33-30-27-24-21-18-15-12-9-6-3)53-62-56(59)50-47-44-41-38-35-32-29-26-23-20-17-14-11-8-5-2/h7,10,16,18-19,21,25-30,54H,4-6,8-9,11-15,17,20,22-24,31-53H2,1-3H3. The van der Waals surface area contributed by atoms with E-state index >= 15 is 0 Å². The van der Waals surface area contributed by atoms with Crippen LogP contribution < -0.4 is 0 Å². The highest BCUT2D eigenvalue weighted by Crippen LogP contribution is 2.14. The highest BCUT2D eigenvalue weighted by Gasteiger charge is 2.19. The normalized spacial score (nSPS) is 12.6. The number of esters is 3. The SMILES string of the molecule is CCC=CCC=CCC=CCCCCCCCC(=O)OCC(COC(=O)CCCCCCCC=CCCCCCCCC)OC(=O)CCCCCCCC=CCC=CCCCCC.